The van der Waals surface area contributed by atoms with Crippen LogP contribution < -0.4 is 10.2 Å². The van der Waals surface area contributed by atoms with Crippen molar-refractivity contribution in [1.29, 1.82) is 5.26 Å². The van der Waals surface area contributed by atoms with Crippen molar-refractivity contribution < 1.29 is 0 Å². The maximum atomic E-state index is 8.73. The van der Waals surface area contributed by atoms with E-state index in [2.05, 4.69) is 34.3 Å². The van der Waals surface area contributed by atoms with Crippen LogP contribution in [0.5, 0.6) is 0 Å². The molecule has 4 nitrogen and oxygen atoms in total. The van der Waals surface area contributed by atoms with Gasteiger partial charge in [0.2, 0.25) is 0 Å². The number of rotatable bonds is 7. The lowest BCUT2D eigenvalue weighted by Crippen LogP contribution is -2.26. The van der Waals surface area contributed by atoms with E-state index in [0.717, 1.165) is 25.3 Å². The highest BCUT2D eigenvalue weighted by molar-refractivity contribution is 5.55. The molecule has 0 atom stereocenters. The molecule has 4 heteroatoms. The van der Waals surface area contributed by atoms with E-state index in [0.29, 0.717) is 12.5 Å². The fourth-order valence-electron chi connectivity index (χ4n) is 2.03. The fraction of sp³-hybridized carbons (Fsp3) is 0.571. The summed E-state index contributed by atoms with van der Waals surface area (Å²) in [5, 5.41) is 12.0. The predicted molar refractivity (Wildman–Crippen MR) is 73.6 cm³/mol. The van der Waals surface area contributed by atoms with Crippen LogP contribution >= 0.6 is 0 Å². The molecular weight excluding hydrogens is 224 g/mol. The van der Waals surface area contributed by atoms with Gasteiger partial charge in [-0.3, -0.25) is 0 Å². The minimum Gasteiger partial charge on any atom is -0.370 e. The minimum atomic E-state index is 0.580. The summed E-state index contributed by atoms with van der Waals surface area (Å²) in [4.78, 5) is 6.65. The monoisotopic (exact) mass is 244 g/mol. The van der Waals surface area contributed by atoms with E-state index >= 15 is 0 Å². The summed E-state index contributed by atoms with van der Waals surface area (Å²) in [5.74, 6) is 0.928. The average molecular weight is 244 g/mol. The van der Waals surface area contributed by atoms with Crippen LogP contribution in [-0.4, -0.2) is 24.1 Å². The van der Waals surface area contributed by atoms with Crippen molar-refractivity contribution in [3.8, 4) is 6.07 Å². The number of nitrogens with one attached hydrogen (secondary N) is 1. The minimum absolute atomic E-state index is 0.580. The molecule has 0 spiro atoms. The van der Waals surface area contributed by atoms with E-state index in [1.54, 1.807) is 0 Å². The van der Waals surface area contributed by atoms with Crippen molar-refractivity contribution in [3.63, 3.8) is 0 Å². The van der Waals surface area contributed by atoms with Crippen molar-refractivity contribution in [3.05, 3.63) is 18.3 Å². The van der Waals surface area contributed by atoms with E-state index in [9.17, 15) is 0 Å². The van der Waals surface area contributed by atoms with Crippen molar-refractivity contribution in [1.82, 2.24) is 4.98 Å². The first-order valence-electron chi connectivity index (χ1n) is 6.68. The molecule has 0 aliphatic heterocycles. The molecule has 1 heterocycles. The second-order valence-electron chi connectivity index (χ2n) is 4.66. The molecule has 0 amide bonds. The van der Waals surface area contributed by atoms with Gasteiger partial charge >= 0.3 is 0 Å². The lowest BCUT2D eigenvalue weighted by molar-refractivity contribution is 0.792. The Morgan fingerprint density at radius 3 is 3.06 bits per heavy atom. The van der Waals surface area contributed by atoms with Gasteiger partial charge in [0, 0.05) is 37.1 Å². The quantitative estimate of drug-likeness (QED) is 0.801. The van der Waals surface area contributed by atoms with Gasteiger partial charge in [0.15, 0.2) is 0 Å². The van der Waals surface area contributed by atoms with Crippen molar-refractivity contribution in [2.45, 2.75) is 38.6 Å². The summed E-state index contributed by atoms with van der Waals surface area (Å²) in [7, 11) is 0. The van der Waals surface area contributed by atoms with Crippen LogP contribution in [0.4, 0.5) is 11.5 Å². The number of anilines is 2. The Kier molecular flexibility index (Phi) is 4.40. The Hall–Kier alpha value is -1.76. The SMILES string of the molecule is CCCNc1cc(N(CCC#N)C2CC2)ccn1. The number of nitriles is 1. The molecule has 1 aromatic heterocycles. The highest BCUT2D eigenvalue weighted by atomic mass is 15.2. The number of aromatic nitrogens is 1. The molecule has 1 saturated carbocycles. The molecule has 0 unspecified atom stereocenters. The Labute approximate surface area is 109 Å². The smallest absolute Gasteiger partial charge is 0.127 e. The van der Waals surface area contributed by atoms with Crippen LogP contribution in [0.3, 0.4) is 0 Å². The molecule has 18 heavy (non-hydrogen) atoms. The maximum Gasteiger partial charge on any atom is 0.127 e. The lowest BCUT2D eigenvalue weighted by Gasteiger charge is -2.23. The average Bonchev–Trinajstić information content (AvgIpc) is 3.22. The summed E-state index contributed by atoms with van der Waals surface area (Å²) in [5.41, 5.74) is 1.18. The number of pyridine rings is 1. The molecule has 1 aromatic rings. The molecular formula is C14H20N4. The van der Waals surface area contributed by atoms with E-state index < -0.39 is 0 Å². The van der Waals surface area contributed by atoms with Gasteiger partial charge in [0.05, 0.1) is 12.5 Å². The van der Waals surface area contributed by atoms with Gasteiger partial charge in [-0.15, -0.1) is 0 Å². The normalized spacial score (nSPS) is 14.0. The summed E-state index contributed by atoms with van der Waals surface area (Å²) in [6.07, 6.45) is 6.00. The van der Waals surface area contributed by atoms with Gasteiger partial charge in [0.25, 0.3) is 0 Å². The summed E-state index contributed by atoms with van der Waals surface area (Å²) < 4.78 is 0. The molecule has 1 aliphatic rings. The van der Waals surface area contributed by atoms with Gasteiger partial charge in [-0.25, -0.2) is 4.98 Å². The molecule has 0 radical (unpaired) electrons. The first kappa shape index (κ1) is 12.7. The van der Waals surface area contributed by atoms with Gasteiger partial charge in [-0.05, 0) is 25.3 Å². The highest BCUT2D eigenvalue weighted by Gasteiger charge is 2.29. The summed E-state index contributed by atoms with van der Waals surface area (Å²) in [6.45, 7) is 3.90. The third-order valence-corrected chi connectivity index (χ3v) is 3.08. The Bertz CT molecular complexity index is 420. The molecule has 0 saturated heterocycles. The van der Waals surface area contributed by atoms with Crippen LogP contribution in [0.2, 0.25) is 0 Å². The van der Waals surface area contributed by atoms with Gasteiger partial charge in [-0.1, -0.05) is 6.92 Å². The van der Waals surface area contributed by atoms with Crippen LogP contribution in [-0.2, 0) is 0 Å². The van der Waals surface area contributed by atoms with Gasteiger partial charge in [0.1, 0.15) is 5.82 Å². The predicted octanol–water partition coefficient (Wildman–Crippen LogP) is 2.79. The first-order chi connectivity index (χ1) is 8.85. The Morgan fingerprint density at radius 2 is 2.39 bits per heavy atom. The van der Waals surface area contributed by atoms with Crippen LogP contribution in [0.1, 0.15) is 32.6 Å². The van der Waals surface area contributed by atoms with Crippen molar-refractivity contribution >= 4 is 11.5 Å². The highest BCUT2D eigenvalue weighted by Crippen LogP contribution is 2.32. The zero-order valence-electron chi connectivity index (χ0n) is 10.9. The molecule has 0 aromatic carbocycles. The summed E-state index contributed by atoms with van der Waals surface area (Å²) >= 11 is 0. The zero-order valence-corrected chi connectivity index (χ0v) is 10.9. The molecule has 96 valence electrons. The lowest BCUT2D eigenvalue weighted by atomic mass is 10.3. The molecule has 2 rings (SSSR count). The van der Waals surface area contributed by atoms with Crippen LogP contribution in [0.15, 0.2) is 18.3 Å². The number of nitrogens with zero attached hydrogens (tertiary/aromatic N) is 3. The molecule has 1 aliphatic carbocycles. The van der Waals surface area contributed by atoms with Crippen LogP contribution in [0.25, 0.3) is 0 Å². The summed E-state index contributed by atoms with van der Waals surface area (Å²) in [6, 6.07) is 6.97. The molecule has 0 bridgehead atoms. The third-order valence-electron chi connectivity index (χ3n) is 3.08. The van der Waals surface area contributed by atoms with Gasteiger partial charge < -0.3 is 10.2 Å². The number of hydrogen-bond acceptors (Lipinski definition) is 4. The standard InChI is InChI=1S/C14H20N4/c1-2-8-16-14-11-13(6-9-17-14)18(10-3-7-15)12-4-5-12/h6,9,11-12H,2-5,8,10H2,1H3,(H,16,17). The number of hydrogen-bond donors (Lipinski definition) is 1. The van der Waals surface area contributed by atoms with E-state index in [4.69, 9.17) is 5.26 Å². The third kappa shape index (κ3) is 3.36. The topological polar surface area (TPSA) is 52.0 Å². The van der Waals surface area contributed by atoms with E-state index in [-0.39, 0.29) is 0 Å². The molecule has 1 fully saturated rings. The zero-order chi connectivity index (χ0) is 12.8. The van der Waals surface area contributed by atoms with E-state index in [1.165, 1.54) is 18.5 Å². The maximum absolute atomic E-state index is 8.73. The van der Waals surface area contributed by atoms with Gasteiger partial charge in [-0.2, -0.15) is 5.26 Å². The second kappa shape index (κ2) is 6.25. The Morgan fingerprint density at radius 1 is 1.56 bits per heavy atom. The van der Waals surface area contributed by atoms with Crippen LogP contribution in [0, 0.1) is 11.3 Å². The molecule has 1 N–H and O–H groups in total. The van der Waals surface area contributed by atoms with Crippen molar-refractivity contribution in [2.24, 2.45) is 0 Å². The van der Waals surface area contributed by atoms with Crippen molar-refractivity contribution in [2.75, 3.05) is 23.3 Å². The second-order valence-corrected chi connectivity index (χ2v) is 4.66. The van der Waals surface area contributed by atoms with E-state index in [1.807, 2.05) is 12.3 Å². The first-order valence-corrected chi connectivity index (χ1v) is 6.68. The Balaban J connectivity index is 2.06. The largest absolute Gasteiger partial charge is 0.370 e. The fourth-order valence-corrected chi connectivity index (χ4v) is 2.03.